The SMILES string of the molecule is O=C(CCC1CCS(=O)(=O)C1)N1CCOC(c2ccccc2F)C1. The maximum absolute atomic E-state index is 13.9. The Hall–Kier alpha value is -1.47. The molecule has 2 unspecified atom stereocenters. The van der Waals surface area contributed by atoms with E-state index in [9.17, 15) is 17.6 Å². The van der Waals surface area contributed by atoms with E-state index in [0.29, 0.717) is 44.5 Å². The summed E-state index contributed by atoms with van der Waals surface area (Å²) >= 11 is 0. The molecule has 0 aromatic heterocycles. The van der Waals surface area contributed by atoms with Gasteiger partial charge in [0, 0.05) is 18.5 Å². The minimum atomic E-state index is -2.90. The maximum atomic E-state index is 13.9. The molecule has 3 rings (SSSR count). The van der Waals surface area contributed by atoms with E-state index >= 15 is 0 Å². The summed E-state index contributed by atoms with van der Waals surface area (Å²) in [4.78, 5) is 14.1. The number of carbonyl (C=O) groups excluding carboxylic acids is 1. The zero-order chi connectivity index (χ0) is 17.2. The van der Waals surface area contributed by atoms with Crippen LogP contribution in [-0.4, -0.2) is 50.4 Å². The molecule has 0 aliphatic carbocycles. The van der Waals surface area contributed by atoms with Gasteiger partial charge in [0.1, 0.15) is 11.9 Å². The largest absolute Gasteiger partial charge is 0.370 e. The van der Waals surface area contributed by atoms with Crippen LogP contribution in [0.2, 0.25) is 0 Å². The van der Waals surface area contributed by atoms with Gasteiger partial charge in [-0.05, 0) is 24.8 Å². The van der Waals surface area contributed by atoms with Gasteiger partial charge in [0.2, 0.25) is 5.91 Å². The van der Waals surface area contributed by atoms with Crippen LogP contribution in [0.1, 0.15) is 30.9 Å². The number of nitrogens with zero attached hydrogens (tertiary/aromatic N) is 1. The Morgan fingerprint density at radius 3 is 2.83 bits per heavy atom. The lowest BCUT2D eigenvalue weighted by molar-refractivity contribution is -0.139. The lowest BCUT2D eigenvalue weighted by atomic mass is 10.0. The minimum absolute atomic E-state index is 0.0102. The van der Waals surface area contributed by atoms with E-state index in [1.165, 1.54) is 6.07 Å². The van der Waals surface area contributed by atoms with Crippen molar-refractivity contribution < 1.29 is 22.3 Å². The highest BCUT2D eigenvalue weighted by molar-refractivity contribution is 7.91. The molecule has 5 nitrogen and oxygen atoms in total. The molecule has 2 aliphatic heterocycles. The van der Waals surface area contributed by atoms with Crippen molar-refractivity contribution in [2.75, 3.05) is 31.2 Å². The van der Waals surface area contributed by atoms with Crippen LogP contribution in [-0.2, 0) is 19.4 Å². The Kier molecular flexibility index (Phi) is 5.20. The molecule has 0 saturated carbocycles. The van der Waals surface area contributed by atoms with Gasteiger partial charge in [0.05, 0.1) is 24.7 Å². The molecular weight excluding hydrogens is 333 g/mol. The van der Waals surface area contributed by atoms with Crippen LogP contribution in [0, 0.1) is 11.7 Å². The number of ether oxygens (including phenoxy) is 1. The average Bonchev–Trinajstić information content (AvgIpc) is 2.92. The Morgan fingerprint density at radius 1 is 1.33 bits per heavy atom. The third-order valence-electron chi connectivity index (χ3n) is 4.76. The van der Waals surface area contributed by atoms with Crippen LogP contribution in [0.4, 0.5) is 4.39 Å². The van der Waals surface area contributed by atoms with Gasteiger partial charge in [-0.15, -0.1) is 0 Å². The van der Waals surface area contributed by atoms with E-state index in [2.05, 4.69) is 0 Å². The van der Waals surface area contributed by atoms with Crippen LogP contribution >= 0.6 is 0 Å². The summed E-state index contributed by atoms with van der Waals surface area (Å²) < 4.78 is 42.4. The molecule has 2 heterocycles. The van der Waals surface area contributed by atoms with Crippen molar-refractivity contribution >= 4 is 15.7 Å². The zero-order valence-corrected chi connectivity index (χ0v) is 14.3. The third-order valence-corrected chi connectivity index (χ3v) is 6.60. The number of hydrogen-bond donors (Lipinski definition) is 0. The molecule has 1 amide bonds. The Labute approximate surface area is 141 Å². The predicted molar refractivity (Wildman–Crippen MR) is 87.7 cm³/mol. The fourth-order valence-electron chi connectivity index (χ4n) is 3.39. The summed E-state index contributed by atoms with van der Waals surface area (Å²) in [6.07, 6.45) is 1.14. The van der Waals surface area contributed by atoms with E-state index in [-0.39, 0.29) is 29.1 Å². The lowest BCUT2D eigenvalue weighted by Crippen LogP contribution is -2.42. The van der Waals surface area contributed by atoms with Crippen molar-refractivity contribution in [3.63, 3.8) is 0 Å². The first-order chi connectivity index (χ1) is 11.4. The molecule has 2 fully saturated rings. The van der Waals surface area contributed by atoms with Gasteiger partial charge >= 0.3 is 0 Å². The third kappa shape index (κ3) is 4.13. The summed E-state index contributed by atoms with van der Waals surface area (Å²) in [6, 6.07) is 6.45. The van der Waals surface area contributed by atoms with Gasteiger partial charge < -0.3 is 9.64 Å². The van der Waals surface area contributed by atoms with Crippen molar-refractivity contribution in [1.29, 1.82) is 0 Å². The number of halogens is 1. The molecule has 0 radical (unpaired) electrons. The number of benzene rings is 1. The molecule has 1 aromatic rings. The number of rotatable bonds is 4. The first-order valence-electron chi connectivity index (χ1n) is 8.29. The highest BCUT2D eigenvalue weighted by Gasteiger charge is 2.30. The second kappa shape index (κ2) is 7.19. The summed E-state index contributed by atoms with van der Waals surface area (Å²) in [6.45, 7) is 1.21. The summed E-state index contributed by atoms with van der Waals surface area (Å²) in [5.74, 6) is 0.180. The van der Waals surface area contributed by atoms with Gasteiger partial charge in [-0.2, -0.15) is 0 Å². The smallest absolute Gasteiger partial charge is 0.222 e. The van der Waals surface area contributed by atoms with Gasteiger partial charge in [-0.3, -0.25) is 4.79 Å². The monoisotopic (exact) mass is 355 g/mol. The minimum Gasteiger partial charge on any atom is -0.370 e. The van der Waals surface area contributed by atoms with Gasteiger partial charge in [0.15, 0.2) is 9.84 Å². The second-order valence-corrected chi connectivity index (χ2v) is 8.76. The first kappa shape index (κ1) is 17.4. The molecule has 2 aliphatic rings. The second-order valence-electron chi connectivity index (χ2n) is 6.53. The summed E-state index contributed by atoms with van der Waals surface area (Å²) in [5.41, 5.74) is 0.469. The predicted octanol–water partition coefficient (Wildman–Crippen LogP) is 1.94. The maximum Gasteiger partial charge on any atom is 0.222 e. The topological polar surface area (TPSA) is 63.7 Å². The Bertz CT molecular complexity index is 706. The average molecular weight is 355 g/mol. The molecule has 132 valence electrons. The Balaban J connectivity index is 1.55. The molecule has 0 bridgehead atoms. The number of morpholine rings is 1. The van der Waals surface area contributed by atoms with Crippen LogP contribution in [0.5, 0.6) is 0 Å². The normalized spacial score (nSPS) is 26.5. The highest BCUT2D eigenvalue weighted by Crippen LogP contribution is 2.26. The fraction of sp³-hybridized carbons (Fsp3) is 0.588. The quantitative estimate of drug-likeness (QED) is 0.828. The lowest BCUT2D eigenvalue weighted by Gasteiger charge is -2.33. The summed E-state index contributed by atoms with van der Waals surface area (Å²) in [7, 11) is -2.90. The number of carbonyl (C=O) groups is 1. The standard InChI is InChI=1S/C17H22FNO4S/c18-15-4-2-1-3-14(15)16-11-19(8-9-23-16)17(20)6-5-13-7-10-24(21,22)12-13/h1-4,13,16H,5-12H2. The molecule has 2 atom stereocenters. The molecule has 7 heteroatoms. The highest BCUT2D eigenvalue weighted by atomic mass is 32.2. The summed E-state index contributed by atoms with van der Waals surface area (Å²) in [5, 5.41) is 0. The van der Waals surface area contributed by atoms with E-state index in [4.69, 9.17) is 4.74 Å². The van der Waals surface area contributed by atoms with E-state index in [0.717, 1.165) is 0 Å². The molecule has 2 saturated heterocycles. The van der Waals surface area contributed by atoms with Gasteiger partial charge in [0.25, 0.3) is 0 Å². The van der Waals surface area contributed by atoms with Gasteiger partial charge in [-0.1, -0.05) is 18.2 Å². The number of sulfone groups is 1. The van der Waals surface area contributed by atoms with Crippen LogP contribution in [0.3, 0.4) is 0 Å². The van der Waals surface area contributed by atoms with Gasteiger partial charge in [-0.25, -0.2) is 12.8 Å². The number of hydrogen-bond acceptors (Lipinski definition) is 4. The fourth-order valence-corrected chi connectivity index (χ4v) is 5.30. The number of amides is 1. The molecule has 0 N–H and O–H groups in total. The van der Waals surface area contributed by atoms with Crippen LogP contribution in [0.15, 0.2) is 24.3 Å². The van der Waals surface area contributed by atoms with E-state index in [1.807, 2.05) is 0 Å². The molecule has 1 aromatic carbocycles. The molecular formula is C17H22FNO4S. The van der Waals surface area contributed by atoms with Crippen molar-refractivity contribution in [2.45, 2.75) is 25.4 Å². The van der Waals surface area contributed by atoms with Crippen molar-refractivity contribution in [3.05, 3.63) is 35.6 Å². The zero-order valence-electron chi connectivity index (χ0n) is 13.5. The van der Waals surface area contributed by atoms with E-state index in [1.54, 1.807) is 23.1 Å². The Morgan fingerprint density at radius 2 is 2.12 bits per heavy atom. The van der Waals surface area contributed by atoms with Crippen molar-refractivity contribution in [2.24, 2.45) is 5.92 Å². The van der Waals surface area contributed by atoms with Crippen molar-refractivity contribution in [1.82, 2.24) is 4.90 Å². The van der Waals surface area contributed by atoms with Crippen molar-refractivity contribution in [3.8, 4) is 0 Å². The molecule has 24 heavy (non-hydrogen) atoms. The van der Waals surface area contributed by atoms with Crippen LogP contribution < -0.4 is 0 Å². The first-order valence-corrected chi connectivity index (χ1v) is 10.1. The van der Waals surface area contributed by atoms with Crippen LogP contribution in [0.25, 0.3) is 0 Å². The molecule has 0 spiro atoms. The van der Waals surface area contributed by atoms with E-state index < -0.39 is 15.9 Å².